The van der Waals surface area contributed by atoms with Crippen LogP contribution in [0.4, 0.5) is 10.8 Å². The van der Waals surface area contributed by atoms with Gasteiger partial charge >= 0.3 is 0 Å². The zero-order valence-electron chi connectivity index (χ0n) is 13.6. The fourth-order valence-corrected chi connectivity index (χ4v) is 3.23. The molecule has 132 valence electrons. The van der Waals surface area contributed by atoms with Crippen molar-refractivity contribution in [3.63, 3.8) is 0 Å². The van der Waals surface area contributed by atoms with Gasteiger partial charge in [0.25, 0.3) is 0 Å². The van der Waals surface area contributed by atoms with E-state index in [1.54, 1.807) is 6.21 Å². The molecule has 0 aliphatic heterocycles. The molecule has 1 heterocycles. The lowest BCUT2D eigenvalue weighted by Crippen LogP contribution is -2.31. The Morgan fingerprint density at radius 3 is 2.54 bits per heavy atom. The second kappa shape index (κ2) is 9.28. The molecular weight excluding hydrogens is 386 g/mol. The smallest absolute Gasteiger partial charge is 0.189 e. The first-order valence-corrected chi connectivity index (χ1v) is 9.40. The van der Waals surface area contributed by atoms with Crippen molar-refractivity contribution in [3.05, 3.63) is 76.3 Å². The summed E-state index contributed by atoms with van der Waals surface area (Å²) in [5, 5.41) is 11.9. The zero-order valence-corrected chi connectivity index (χ0v) is 16.0. The molecule has 0 unspecified atom stereocenters. The van der Waals surface area contributed by atoms with Gasteiger partial charge in [-0.1, -0.05) is 71.5 Å². The van der Waals surface area contributed by atoms with Crippen LogP contribution in [0.3, 0.4) is 0 Å². The minimum absolute atomic E-state index is 0.391. The summed E-state index contributed by atoms with van der Waals surface area (Å²) in [6.07, 6.45) is 1.60. The van der Waals surface area contributed by atoms with E-state index < -0.39 is 0 Å². The monoisotopic (exact) mass is 401 g/mol. The Morgan fingerprint density at radius 1 is 1.12 bits per heavy atom. The van der Waals surface area contributed by atoms with Crippen LogP contribution in [0.2, 0.25) is 5.15 Å². The first kappa shape index (κ1) is 18.3. The summed E-state index contributed by atoms with van der Waals surface area (Å²) in [6.45, 7) is 0.634. The van der Waals surface area contributed by atoms with E-state index in [0.29, 0.717) is 21.9 Å². The molecule has 2 aromatic carbocycles. The first-order chi connectivity index (χ1) is 12.7. The van der Waals surface area contributed by atoms with E-state index in [2.05, 4.69) is 26.1 Å². The number of benzene rings is 2. The lowest BCUT2D eigenvalue weighted by atomic mass is 10.2. The molecule has 0 fully saturated rings. The third kappa shape index (κ3) is 5.52. The Morgan fingerprint density at radius 2 is 1.81 bits per heavy atom. The van der Waals surface area contributed by atoms with E-state index in [1.807, 2.05) is 60.7 Å². The van der Waals surface area contributed by atoms with Crippen LogP contribution in [0.25, 0.3) is 0 Å². The number of thiazole rings is 1. The van der Waals surface area contributed by atoms with Gasteiger partial charge in [0, 0.05) is 12.2 Å². The van der Waals surface area contributed by atoms with Gasteiger partial charge in [0.1, 0.15) is 0 Å². The molecule has 3 N–H and O–H groups in total. The number of nitrogens with one attached hydrogen (secondary N) is 3. The van der Waals surface area contributed by atoms with E-state index in [4.69, 9.17) is 23.8 Å². The maximum atomic E-state index is 6.16. The van der Waals surface area contributed by atoms with E-state index in [-0.39, 0.29) is 0 Å². The third-order valence-electron chi connectivity index (χ3n) is 3.28. The maximum absolute atomic E-state index is 6.16. The summed E-state index contributed by atoms with van der Waals surface area (Å²) in [4.78, 5) is 5.02. The summed E-state index contributed by atoms with van der Waals surface area (Å²) >= 11 is 12.8. The Bertz CT molecular complexity index is 881. The highest BCUT2D eigenvalue weighted by Gasteiger charge is 2.07. The molecule has 0 aliphatic carbocycles. The van der Waals surface area contributed by atoms with Crippen molar-refractivity contribution in [3.8, 4) is 0 Å². The summed E-state index contributed by atoms with van der Waals surface area (Å²) in [6, 6.07) is 19.8. The van der Waals surface area contributed by atoms with E-state index >= 15 is 0 Å². The van der Waals surface area contributed by atoms with Crippen LogP contribution in [0, 0.1) is 0 Å². The molecule has 0 atom stereocenters. The van der Waals surface area contributed by atoms with E-state index in [9.17, 15) is 0 Å². The van der Waals surface area contributed by atoms with Gasteiger partial charge in [-0.25, -0.2) is 4.98 Å². The van der Waals surface area contributed by atoms with Crippen LogP contribution in [-0.2, 0) is 6.54 Å². The van der Waals surface area contributed by atoms with Gasteiger partial charge in [-0.15, -0.1) is 0 Å². The molecule has 0 bridgehead atoms. The van der Waals surface area contributed by atoms with Crippen LogP contribution in [0.1, 0.15) is 10.4 Å². The summed E-state index contributed by atoms with van der Waals surface area (Å²) in [5.41, 5.74) is 4.87. The predicted molar refractivity (Wildman–Crippen MR) is 113 cm³/mol. The number of rotatable bonds is 6. The van der Waals surface area contributed by atoms with Crippen molar-refractivity contribution in [2.24, 2.45) is 5.10 Å². The second-order valence-corrected chi connectivity index (χ2v) is 7.00. The van der Waals surface area contributed by atoms with Gasteiger partial charge in [0.05, 0.1) is 11.1 Å². The highest BCUT2D eigenvalue weighted by Crippen LogP contribution is 2.27. The van der Waals surface area contributed by atoms with E-state index in [0.717, 1.165) is 16.1 Å². The predicted octanol–water partition coefficient (Wildman–Crippen LogP) is 4.54. The Hall–Kier alpha value is -2.48. The fourth-order valence-electron chi connectivity index (χ4n) is 2.06. The molecule has 0 amide bonds. The summed E-state index contributed by atoms with van der Waals surface area (Å²) in [7, 11) is 0. The standard InChI is InChI=1S/C18H16ClN5S2/c19-16-15(26-18(23-16)22-14-9-5-2-6-10-14)12-21-24-17(25)20-11-13-7-3-1-4-8-13/h1-10,12H,11H2,(H,22,23)(H2,20,24,25)/b21-12-. The molecule has 1 aromatic heterocycles. The van der Waals surface area contributed by atoms with Crippen LogP contribution in [0.15, 0.2) is 65.8 Å². The first-order valence-electron chi connectivity index (χ1n) is 7.80. The largest absolute Gasteiger partial charge is 0.357 e. The number of hydrazone groups is 1. The summed E-state index contributed by atoms with van der Waals surface area (Å²) in [5.74, 6) is 0. The molecular formula is C18H16ClN5S2. The van der Waals surface area contributed by atoms with Gasteiger partial charge < -0.3 is 10.6 Å². The lowest BCUT2D eigenvalue weighted by Gasteiger charge is -2.06. The molecule has 0 saturated carbocycles. The quantitative estimate of drug-likeness (QED) is 0.321. The van der Waals surface area contributed by atoms with Crippen molar-refractivity contribution in [2.75, 3.05) is 5.32 Å². The van der Waals surface area contributed by atoms with Gasteiger partial charge in [-0.2, -0.15) is 5.10 Å². The molecule has 0 radical (unpaired) electrons. The molecule has 3 aromatic rings. The van der Waals surface area contributed by atoms with Gasteiger partial charge in [0.15, 0.2) is 15.4 Å². The number of thiocarbonyl (C=S) groups is 1. The molecule has 0 aliphatic rings. The van der Waals surface area contributed by atoms with Crippen molar-refractivity contribution < 1.29 is 0 Å². The van der Waals surface area contributed by atoms with E-state index in [1.165, 1.54) is 11.3 Å². The number of anilines is 2. The van der Waals surface area contributed by atoms with Crippen LogP contribution in [0.5, 0.6) is 0 Å². The number of halogens is 1. The third-order valence-corrected chi connectivity index (χ3v) is 4.82. The number of aromatic nitrogens is 1. The molecule has 5 nitrogen and oxygen atoms in total. The average molecular weight is 402 g/mol. The SMILES string of the molecule is S=C(NCc1ccccc1)N/N=C\c1sc(Nc2ccccc2)nc1Cl. The van der Waals surface area contributed by atoms with Crippen LogP contribution >= 0.6 is 35.2 Å². The average Bonchev–Trinajstić information content (AvgIpc) is 3.01. The van der Waals surface area contributed by atoms with Gasteiger partial charge in [0.2, 0.25) is 0 Å². The number of para-hydroxylation sites is 1. The zero-order chi connectivity index (χ0) is 18.2. The number of hydrogen-bond donors (Lipinski definition) is 3. The maximum Gasteiger partial charge on any atom is 0.189 e. The fraction of sp³-hybridized carbons (Fsp3) is 0.0556. The van der Waals surface area contributed by atoms with Crippen molar-refractivity contribution in [2.45, 2.75) is 6.54 Å². The Kier molecular flexibility index (Phi) is 6.54. The highest BCUT2D eigenvalue weighted by atomic mass is 35.5. The van der Waals surface area contributed by atoms with Crippen molar-refractivity contribution in [1.29, 1.82) is 0 Å². The molecule has 0 saturated heterocycles. The lowest BCUT2D eigenvalue weighted by molar-refractivity contribution is 0.869. The number of nitrogens with zero attached hydrogens (tertiary/aromatic N) is 2. The molecule has 26 heavy (non-hydrogen) atoms. The Balaban J connectivity index is 1.51. The minimum Gasteiger partial charge on any atom is -0.357 e. The molecule has 8 heteroatoms. The molecule has 0 spiro atoms. The van der Waals surface area contributed by atoms with Crippen LogP contribution < -0.4 is 16.1 Å². The van der Waals surface area contributed by atoms with Gasteiger partial charge in [-0.05, 0) is 29.9 Å². The van der Waals surface area contributed by atoms with Gasteiger partial charge in [-0.3, -0.25) is 5.43 Å². The van der Waals surface area contributed by atoms with Crippen LogP contribution in [-0.4, -0.2) is 16.3 Å². The minimum atomic E-state index is 0.391. The summed E-state index contributed by atoms with van der Waals surface area (Å²) < 4.78 is 0. The molecule has 3 rings (SSSR count). The van der Waals surface area contributed by atoms with Crippen molar-refractivity contribution >= 4 is 57.3 Å². The normalized spacial score (nSPS) is 10.7. The second-order valence-electron chi connectivity index (χ2n) is 5.20. The number of hydrogen-bond acceptors (Lipinski definition) is 5. The van der Waals surface area contributed by atoms with Crippen molar-refractivity contribution in [1.82, 2.24) is 15.7 Å². The Labute approximate surface area is 166 Å². The highest BCUT2D eigenvalue weighted by molar-refractivity contribution is 7.80. The topological polar surface area (TPSA) is 61.3 Å².